The summed E-state index contributed by atoms with van der Waals surface area (Å²) in [6.07, 6.45) is 0.877. The molecular weight excluding hydrogens is 246 g/mol. The fourth-order valence-electron chi connectivity index (χ4n) is 1.38. The Hall–Kier alpha value is -1.85. The molecule has 2 N–H and O–H groups in total. The molecule has 1 aromatic carbocycles. The van der Waals surface area contributed by atoms with Crippen molar-refractivity contribution in [1.82, 2.24) is 5.32 Å². The van der Waals surface area contributed by atoms with Crippen molar-refractivity contribution in [1.29, 1.82) is 0 Å². The second-order valence-electron chi connectivity index (χ2n) is 3.91. The predicted molar refractivity (Wildman–Crippen MR) is 71.7 cm³/mol. The van der Waals surface area contributed by atoms with E-state index in [1.807, 2.05) is 30.3 Å². The first-order valence-corrected chi connectivity index (χ1v) is 6.03. The summed E-state index contributed by atoms with van der Waals surface area (Å²) in [6, 6.07) is 9.18. The molecule has 0 aliphatic rings. The monoisotopic (exact) mass is 265 g/mol. The number of ether oxygens (including phenoxy) is 2. The molecule has 1 unspecified atom stereocenters. The lowest BCUT2D eigenvalue weighted by molar-refractivity contribution is 0.0734. The van der Waals surface area contributed by atoms with E-state index in [1.54, 1.807) is 0 Å². The van der Waals surface area contributed by atoms with Gasteiger partial charge in [-0.1, -0.05) is 43.0 Å². The second-order valence-corrected chi connectivity index (χ2v) is 3.91. The van der Waals surface area contributed by atoms with Gasteiger partial charge in [0, 0.05) is 0 Å². The third-order valence-corrected chi connectivity index (χ3v) is 2.31. The quantitative estimate of drug-likeness (QED) is 0.699. The van der Waals surface area contributed by atoms with E-state index in [-0.39, 0.29) is 19.8 Å². The Morgan fingerprint density at radius 3 is 2.79 bits per heavy atom. The SMILES string of the molecule is C=CCOC(=O)NC(CO)COCc1ccccc1. The molecule has 19 heavy (non-hydrogen) atoms. The van der Waals surface area contributed by atoms with Crippen molar-refractivity contribution in [2.24, 2.45) is 0 Å². The van der Waals surface area contributed by atoms with Crippen LogP contribution in [0.15, 0.2) is 43.0 Å². The number of aliphatic hydroxyl groups excluding tert-OH is 1. The Bertz CT molecular complexity index is 380. The van der Waals surface area contributed by atoms with Crippen molar-refractivity contribution in [2.75, 3.05) is 19.8 Å². The van der Waals surface area contributed by atoms with Crippen molar-refractivity contribution in [3.05, 3.63) is 48.6 Å². The van der Waals surface area contributed by atoms with Gasteiger partial charge in [-0.05, 0) is 5.56 Å². The van der Waals surface area contributed by atoms with E-state index in [4.69, 9.17) is 14.6 Å². The Labute approximate surface area is 112 Å². The van der Waals surface area contributed by atoms with E-state index < -0.39 is 12.1 Å². The molecule has 104 valence electrons. The zero-order valence-corrected chi connectivity index (χ0v) is 10.7. The molecular formula is C14H19NO4. The lowest BCUT2D eigenvalue weighted by Crippen LogP contribution is -2.41. The number of carbonyl (C=O) groups excluding carboxylic acids is 1. The van der Waals surface area contributed by atoms with E-state index in [0.717, 1.165) is 5.56 Å². The van der Waals surface area contributed by atoms with Crippen LogP contribution in [0.4, 0.5) is 4.79 Å². The van der Waals surface area contributed by atoms with Crippen molar-refractivity contribution in [3.63, 3.8) is 0 Å². The minimum absolute atomic E-state index is 0.134. The summed E-state index contributed by atoms with van der Waals surface area (Å²) in [4.78, 5) is 11.3. The molecule has 0 aliphatic carbocycles. The summed E-state index contributed by atoms with van der Waals surface area (Å²) in [6.45, 7) is 4.01. The maximum Gasteiger partial charge on any atom is 0.407 e. The smallest absolute Gasteiger partial charge is 0.407 e. The minimum Gasteiger partial charge on any atom is -0.445 e. The van der Waals surface area contributed by atoms with Gasteiger partial charge < -0.3 is 19.9 Å². The van der Waals surface area contributed by atoms with Crippen molar-refractivity contribution >= 4 is 6.09 Å². The molecule has 0 aliphatic heterocycles. The highest BCUT2D eigenvalue weighted by atomic mass is 16.5. The Morgan fingerprint density at radius 2 is 2.16 bits per heavy atom. The van der Waals surface area contributed by atoms with Gasteiger partial charge in [0.05, 0.1) is 25.9 Å². The standard InChI is InChI=1S/C14H19NO4/c1-2-8-19-14(17)15-13(9-16)11-18-10-12-6-4-3-5-7-12/h2-7,13,16H,1,8-11H2,(H,15,17). The number of amides is 1. The van der Waals surface area contributed by atoms with Gasteiger partial charge in [0.25, 0.3) is 0 Å². The van der Waals surface area contributed by atoms with Crippen molar-refractivity contribution in [3.8, 4) is 0 Å². The Kier molecular flexibility index (Phi) is 7.31. The Balaban J connectivity index is 2.24. The van der Waals surface area contributed by atoms with Gasteiger partial charge >= 0.3 is 6.09 Å². The van der Waals surface area contributed by atoms with Crippen LogP contribution in [0, 0.1) is 0 Å². The summed E-state index contributed by atoms with van der Waals surface area (Å²) in [5, 5.41) is 11.6. The largest absolute Gasteiger partial charge is 0.445 e. The summed E-state index contributed by atoms with van der Waals surface area (Å²) >= 11 is 0. The molecule has 0 spiro atoms. The number of nitrogens with one attached hydrogen (secondary N) is 1. The lowest BCUT2D eigenvalue weighted by atomic mass is 10.2. The average Bonchev–Trinajstić information content (AvgIpc) is 2.45. The molecule has 1 amide bonds. The maximum atomic E-state index is 11.3. The van der Waals surface area contributed by atoms with E-state index >= 15 is 0 Å². The highest BCUT2D eigenvalue weighted by Gasteiger charge is 2.11. The van der Waals surface area contributed by atoms with Crippen LogP contribution in [-0.2, 0) is 16.1 Å². The van der Waals surface area contributed by atoms with Crippen LogP contribution in [0.25, 0.3) is 0 Å². The zero-order chi connectivity index (χ0) is 13.9. The topological polar surface area (TPSA) is 67.8 Å². The van der Waals surface area contributed by atoms with Crippen LogP contribution < -0.4 is 5.32 Å². The fraction of sp³-hybridized carbons (Fsp3) is 0.357. The highest BCUT2D eigenvalue weighted by Crippen LogP contribution is 2.01. The number of alkyl carbamates (subject to hydrolysis) is 1. The predicted octanol–water partition coefficient (Wildman–Crippen LogP) is 1.48. The van der Waals surface area contributed by atoms with Gasteiger partial charge in [-0.3, -0.25) is 0 Å². The van der Waals surface area contributed by atoms with Crippen LogP contribution >= 0.6 is 0 Å². The molecule has 0 fully saturated rings. The molecule has 0 saturated heterocycles. The summed E-state index contributed by atoms with van der Waals surface area (Å²) < 4.78 is 10.2. The van der Waals surface area contributed by atoms with Crippen molar-refractivity contribution < 1.29 is 19.4 Å². The summed E-state index contributed by atoms with van der Waals surface area (Å²) in [5.74, 6) is 0. The molecule has 5 heteroatoms. The van der Waals surface area contributed by atoms with Crippen LogP contribution in [0.5, 0.6) is 0 Å². The van der Waals surface area contributed by atoms with Crippen LogP contribution in [-0.4, -0.2) is 37.1 Å². The van der Waals surface area contributed by atoms with Gasteiger partial charge in [-0.2, -0.15) is 0 Å². The molecule has 0 heterocycles. The molecule has 5 nitrogen and oxygen atoms in total. The normalized spacial score (nSPS) is 11.6. The second kappa shape index (κ2) is 9.13. The summed E-state index contributed by atoms with van der Waals surface area (Å²) in [7, 11) is 0. The van der Waals surface area contributed by atoms with Gasteiger partial charge in [-0.25, -0.2) is 4.79 Å². The van der Waals surface area contributed by atoms with Gasteiger partial charge in [0.15, 0.2) is 0 Å². The van der Waals surface area contributed by atoms with Gasteiger partial charge in [0.1, 0.15) is 6.61 Å². The highest BCUT2D eigenvalue weighted by molar-refractivity contribution is 5.67. The number of hydrogen-bond acceptors (Lipinski definition) is 4. The Morgan fingerprint density at radius 1 is 1.42 bits per heavy atom. The van der Waals surface area contributed by atoms with Crippen molar-refractivity contribution in [2.45, 2.75) is 12.6 Å². The zero-order valence-electron chi connectivity index (χ0n) is 10.7. The van der Waals surface area contributed by atoms with E-state index in [9.17, 15) is 4.79 Å². The summed E-state index contributed by atoms with van der Waals surface area (Å²) in [5.41, 5.74) is 1.04. The molecule has 1 rings (SSSR count). The number of hydrogen-bond donors (Lipinski definition) is 2. The fourth-order valence-corrected chi connectivity index (χ4v) is 1.38. The number of rotatable bonds is 8. The average molecular weight is 265 g/mol. The van der Waals surface area contributed by atoms with E-state index in [1.165, 1.54) is 6.08 Å². The molecule has 0 radical (unpaired) electrons. The minimum atomic E-state index is -0.595. The lowest BCUT2D eigenvalue weighted by Gasteiger charge is -2.16. The molecule has 0 aromatic heterocycles. The van der Waals surface area contributed by atoms with E-state index in [2.05, 4.69) is 11.9 Å². The van der Waals surface area contributed by atoms with Crippen LogP contribution in [0.2, 0.25) is 0 Å². The molecule has 0 bridgehead atoms. The number of aliphatic hydroxyl groups is 1. The third-order valence-electron chi connectivity index (χ3n) is 2.31. The molecule has 1 aromatic rings. The first-order chi connectivity index (χ1) is 9.26. The first kappa shape index (κ1) is 15.2. The molecule has 1 atom stereocenters. The first-order valence-electron chi connectivity index (χ1n) is 6.03. The van der Waals surface area contributed by atoms with Crippen LogP contribution in [0.1, 0.15) is 5.56 Å². The number of carbonyl (C=O) groups is 1. The van der Waals surface area contributed by atoms with E-state index in [0.29, 0.717) is 6.61 Å². The van der Waals surface area contributed by atoms with Gasteiger partial charge in [0.2, 0.25) is 0 Å². The third kappa shape index (κ3) is 6.59. The molecule has 0 saturated carbocycles. The van der Waals surface area contributed by atoms with Crippen LogP contribution in [0.3, 0.4) is 0 Å². The maximum absolute atomic E-state index is 11.3. The number of benzene rings is 1. The van der Waals surface area contributed by atoms with Gasteiger partial charge in [-0.15, -0.1) is 0 Å².